The van der Waals surface area contributed by atoms with Crippen LogP contribution in [0.1, 0.15) is 16.1 Å². The third-order valence-corrected chi connectivity index (χ3v) is 3.51. The molecule has 0 aliphatic heterocycles. The summed E-state index contributed by atoms with van der Waals surface area (Å²) < 4.78 is 44.9. The Labute approximate surface area is 122 Å². The van der Waals surface area contributed by atoms with Crippen molar-refractivity contribution in [1.29, 1.82) is 0 Å². The van der Waals surface area contributed by atoms with Gasteiger partial charge in [0.15, 0.2) is 5.69 Å². The molecule has 0 spiro atoms. The Kier molecular flexibility index (Phi) is 5.20. The molecule has 0 fully saturated rings. The van der Waals surface area contributed by atoms with E-state index in [0.717, 1.165) is 7.11 Å². The lowest BCUT2D eigenvalue weighted by Crippen LogP contribution is -2.20. The number of methoxy groups -OCH3 is 1. The average molecular weight is 440 g/mol. The van der Waals surface area contributed by atoms with Crippen molar-refractivity contribution in [3.05, 3.63) is 20.9 Å². The van der Waals surface area contributed by atoms with Gasteiger partial charge in [-0.25, -0.2) is 9.78 Å². The van der Waals surface area contributed by atoms with Gasteiger partial charge in [0.1, 0.15) is 0 Å². The molecule has 0 N–H and O–H groups in total. The molecule has 0 amide bonds. The average Bonchev–Trinajstić information content (AvgIpc) is 2.29. The fraction of sp³-hybridized carbons (Fsp3) is 0.333. The van der Waals surface area contributed by atoms with Gasteiger partial charge < -0.3 is 9.47 Å². The van der Waals surface area contributed by atoms with Gasteiger partial charge in [0.05, 0.1) is 10.7 Å². The molecule has 0 saturated carbocycles. The fourth-order valence-electron chi connectivity index (χ4n) is 1.04. The predicted octanol–water partition coefficient (Wildman–Crippen LogP) is 3.27. The van der Waals surface area contributed by atoms with E-state index in [1.165, 1.54) is 6.07 Å². The highest BCUT2D eigenvalue weighted by molar-refractivity contribution is 14.1. The summed E-state index contributed by atoms with van der Waals surface area (Å²) in [5.74, 6) is -1.50. The molecular weight excluding hydrogens is 434 g/mol. The van der Waals surface area contributed by atoms with Crippen molar-refractivity contribution in [3.63, 3.8) is 0 Å². The maximum absolute atomic E-state index is 12.2. The predicted molar refractivity (Wildman–Crippen MR) is 67.6 cm³/mol. The fourth-order valence-corrected chi connectivity index (χ4v) is 2.58. The van der Waals surface area contributed by atoms with Crippen molar-refractivity contribution in [3.8, 4) is 5.88 Å². The van der Waals surface area contributed by atoms with E-state index in [1.54, 1.807) is 22.6 Å². The van der Waals surface area contributed by atoms with Crippen LogP contribution in [0.5, 0.6) is 5.88 Å². The highest BCUT2D eigenvalue weighted by Crippen LogP contribution is 2.29. The minimum atomic E-state index is -4.87. The zero-order valence-electron chi connectivity index (χ0n) is 8.85. The van der Waals surface area contributed by atoms with Crippen LogP contribution >= 0.6 is 38.5 Å². The Morgan fingerprint density at radius 3 is 2.61 bits per heavy atom. The van der Waals surface area contributed by atoms with Gasteiger partial charge in [-0.2, -0.15) is 0 Å². The van der Waals surface area contributed by atoms with Crippen molar-refractivity contribution < 1.29 is 27.4 Å². The van der Waals surface area contributed by atoms with Crippen molar-refractivity contribution in [2.45, 2.75) is 11.7 Å². The molecule has 0 aromatic carbocycles. The normalized spacial score (nSPS) is 11.2. The van der Waals surface area contributed by atoms with E-state index >= 15 is 0 Å². The second-order valence-corrected chi connectivity index (χ2v) is 4.60. The number of hydrogen-bond acceptors (Lipinski definition) is 4. The molecule has 100 valence electrons. The Bertz CT molecular complexity index is 467. The van der Waals surface area contributed by atoms with Crippen LogP contribution in [-0.2, 0) is 10.1 Å². The van der Waals surface area contributed by atoms with Crippen molar-refractivity contribution >= 4 is 44.5 Å². The second-order valence-electron chi connectivity index (χ2n) is 2.96. The minimum absolute atomic E-state index is 0.175. The SMILES string of the molecule is COC(=O)c1cc(CBr)c(I)c(OC(F)(F)F)n1. The van der Waals surface area contributed by atoms with Crippen LogP contribution in [0.2, 0.25) is 0 Å². The molecule has 9 heteroatoms. The Hall–Kier alpha value is -0.580. The molecule has 1 aromatic rings. The molecule has 0 unspecified atom stereocenters. The number of aromatic nitrogens is 1. The van der Waals surface area contributed by atoms with Gasteiger partial charge in [0.25, 0.3) is 0 Å². The molecule has 0 radical (unpaired) electrons. The van der Waals surface area contributed by atoms with Gasteiger partial charge in [-0.15, -0.1) is 13.2 Å². The molecule has 0 saturated heterocycles. The summed E-state index contributed by atoms with van der Waals surface area (Å²) in [5.41, 5.74) is 0.205. The summed E-state index contributed by atoms with van der Waals surface area (Å²) in [6.45, 7) is 0. The van der Waals surface area contributed by atoms with Gasteiger partial charge in [-0.3, -0.25) is 0 Å². The van der Waals surface area contributed by atoms with Gasteiger partial charge >= 0.3 is 12.3 Å². The molecule has 1 aromatic heterocycles. The number of alkyl halides is 4. The van der Waals surface area contributed by atoms with E-state index in [9.17, 15) is 18.0 Å². The first-order chi connectivity index (χ1) is 8.28. The van der Waals surface area contributed by atoms with Crippen molar-refractivity contribution in [2.75, 3.05) is 7.11 Å². The maximum Gasteiger partial charge on any atom is 0.574 e. The van der Waals surface area contributed by atoms with E-state index in [0.29, 0.717) is 5.56 Å². The first-order valence-electron chi connectivity index (χ1n) is 4.38. The molecule has 0 aliphatic carbocycles. The lowest BCUT2D eigenvalue weighted by atomic mass is 10.2. The third-order valence-electron chi connectivity index (χ3n) is 1.75. The van der Waals surface area contributed by atoms with Crippen LogP contribution in [0.15, 0.2) is 6.07 Å². The zero-order valence-corrected chi connectivity index (χ0v) is 12.6. The minimum Gasteiger partial charge on any atom is -0.464 e. The number of halogens is 5. The summed E-state index contributed by atoms with van der Waals surface area (Å²) in [5, 5.41) is 0.256. The highest BCUT2D eigenvalue weighted by atomic mass is 127. The third kappa shape index (κ3) is 3.97. The number of ether oxygens (including phenoxy) is 2. The van der Waals surface area contributed by atoms with Crippen LogP contribution in [0, 0.1) is 3.57 Å². The first-order valence-corrected chi connectivity index (χ1v) is 6.58. The van der Waals surface area contributed by atoms with E-state index in [-0.39, 0.29) is 14.6 Å². The van der Waals surface area contributed by atoms with Gasteiger partial charge in [-0.1, -0.05) is 15.9 Å². The quantitative estimate of drug-likeness (QED) is 0.412. The molecule has 0 bridgehead atoms. The summed E-state index contributed by atoms with van der Waals surface area (Å²) in [6, 6.07) is 1.34. The van der Waals surface area contributed by atoms with Gasteiger partial charge in [0, 0.05) is 5.33 Å². The first kappa shape index (κ1) is 15.5. The molecule has 1 heterocycles. The number of nitrogens with zero attached hydrogens (tertiary/aromatic N) is 1. The molecule has 18 heavy (non-hydrogen) atoms. The highest BCUT2D eigenvalue weighted by Gasteiger charge is 2.33. The number of esters is 1. The molecule has 4 nitrogen and oxygen atoms in total. The Morgan fingerprint density at radius 2 is 2.17 bits per heavy atom. The maximum atomic E-state index is 12.2. The number of hydrogen-bond donors (Lipinski definition) is 0. The van der Waals surface area contributed by atoms with Crippen LogP contribution < -0.4 is 4.74 Å². The topological polar surface area (TPSA) is 48.4 Å². The molecular formula is C9H6BrF3INO3. The van der Waals surface area contributed by atoms with E-state index < -0.39 is 18.2 Å². The molecule has 0 aliphatic rings. The second kappa shape index (κ2) is 6.04. The number of rotatable bonds is 3. The van der Waals surface area contributed by atoms with Crippen molar-refractivity contribution in [1.82, 2.24) is 4.98 Å². The van der Waals surface area contributed by atoms with E-state index in [2.05, 4.69) is 30.4 Å². The lowest BCUT2D eigenvalue weighted by molar-refractivity contribution is -0.276. The number of pyridine rings is 1. The van der Waals surface area contributed by atoms with Gasteiger partial charge in [0.2, 0.25) is 5.88 Å². The summed E-state index contributed by atoms with van der Waals surface area (Å²) >= 11 is 4.77. The van der Waals surface area contributed by atoms with Crippen LogP contribution in [0.3, 0.4) is 0 Å². The largest absolute Gasteiger partial charge is 0.574 e. The smallest absolute Gasteiger partial charge is 0.464 e. The number of carbonyl (C=O) groups excluding carboxylic acids is 1. The van der Waals surface area contributed by atoms with E-state index in [1.807, 2.05) is 0 Å². The zero-order chi connectivity index (χ0) is 13.9. The van der Waals surface area contributed by atoms with Crippen LogP contribution in [0.25, 0.3) is 0 Å². The Morgan fingerprint density at radius 1 is 1.56 bits per heavy atom. The van der Waals surface area contributed by atoms with E-state index in [4.69, 9.17) is 0 Å². The summed E-state index contributed by atoms with van der Waals surface area (Å²) in [4.78, 5) is 14.8. The van der Waals surface area contributed by atoms with Crippen LogP contribution in [0.4, 0.5) is 13.2 Å². The van der Waals surface area contributed by atoms with Gasteiger partial charge in [-0.05, 0) is 34.2 Å². The number of carbonyl (C=O) groups is 1. The summed E-state index contributed by atoms with van der Waals surface area (Å²) in [6.07, 6.45) is -4.87. The van der Waals surface area contributed by atoms with Crippen LogP contribution in [-0.4, -0.2) is 24.4 Å². The monoisotopic (exact) mass is 439 g/mol. The molecule has 1 rings (SSSR count). The summed E-state index contributed by atoms with van der Waals surface area (Å²) in [7, 11) is 1.11. The molecule has 0 atom stereocenters. The Balaban J connectivity index is 3.27. The standard InChI is InChI=1S/C9H6BrF3INO3/c1-17-8(16)5-2-4(3-10)6(14)7(15-5)18-9(11,12)13/h2H,3H2,1H3. The lowest BCUT2D eigenvalue weighted by Gasteiger charge is -2.12. The van der Waals surface area contributed by atoms with Crippen molar-refractivity contribution in [2.24, 2.45) is 0 Å².